The molecule has 3 aromatic rings. The van der Waals surface area contributed by atoms with E-state index in [4.69, 9.17) is 44.3 Å². The van der Waals surface area contributed by atoms with Gasteiger partial charge in [0.1, 0.15) is 6.61 Å². The first-order valence-corrected chi connectivity index (χ1v) is 10.9. The number of halogens is 4. The highest BCUT2D eigenvalue weighted by atomic mass is 79.9. The van der Waals surface area contributed by atoms with Crippen molar-refractivity contribution in [2.24, 2.45) is 0 Å². The Labute approximate surface area is 194 Å². The van der Waals surface area contributed by atoms with Gasteiger partial charge >= 0.3 is 0 Å². The van der Waals surface area contributed by atoms with Crippen LogP contribution in [0, 0.1) is 0 Å². The van der Waals surface area contributed by atoms with Crippen LogP contribution in [0.4, 0.5) is 5.69 Å². The topological polar surface area (TPSA) is 30.5 Å². The number of anilines is 1. The highest BCUT2D eigenvalue weighted by molar-refractivity contribution is 9.10. The van der Waals surface area contributed by atoms with Crippen molar-refractivity contribution in [1.29, 1.82) is 0 Å². The van der Waals surface area contributed by atoms with E-state index in [1.54, 1.807) is 12.1 Å². The molecule has 0 unspecified atom stereocenters. The third-order valence-corrected chi connectivity index (χ3v) is 5.53. The Kier molecular flexibility index (Phi) is 7.96. The largest absolute Gasteiger partial charge is 0.490 e. The quantitative estimate of drug-likeness (QED) is 0.330. The Morgan fingerprint density at radius 3 is 2.31 bits per heavy atom. The minimum atomic E-state index is 0.303. The van der Waals surface area contributed by atoms with Crippen molar-refractivity contribution in [2.75, 3.05) is 11.9 Å². The maximum Gasteiger partial charge on any atom is 0.175 e. The maximum atomic E-state index is 6.25. The van der Waals surface area contributed by atoms with E-state index in [9.17, 15) is 0 Å². The number of nitrogens with one attached hydrogen (secondary N) is 1. The van der Waals surface area contributed by atoms with Crippen molar-refractivity contribution in [3.63, 3.8) is 0 Å². The van der Waals surface area contributed by atoms with Crippen molar-refractivity contribution in [2.45, 2.75) is 20.1 Å². The zero-order valence-electron chi connectivity index (χ0n) is 15.6. The van der Waals surface area contributed by atoms with Crippen LogP contribution in [0.15, 0.2) is 59.1 Å². The summed E-state index contributed by atoms with van der Waals surface area (Å²) in [4.78, 5) is 0. The lowest BCUT2D eigenvalue weighted by atomic mass is 10.2. The minimum Gasteiger partial charge on any atom is -0.490 e. The average molecular weight is 516 g/mol. The van der Waals surface area contributed by atoms with Crippen LogP contribution in [0.25, 0.3) is 0 Å². The monoisotopic (exact) mass is 513 g/mol. The van der Waals surface area contributed by atoms with Crippen LogP contribution in [-0.2, 0) is 13.2 Å². The SMILES string of the molecule is CCOc1cc(CNc2ccc(Cl)cc2)cc(Br)c1OCc1ccc(Cl)cc1Cl. The van der Waals surface area contributed by atoms with Crippen molar-refractivity contribution < 1.29 is 9.47 Å². The fourth-order valence-corrected chi connectivity index (χ4v) is 3.88. The molecule has 0 saturated carbocycles. The summed E-state index contributed by atoms with van der Waals surface area (Å²) in [6, 6.07) is 16.9. The summed E-state index contributed by atoms with van der Waals surface area (Å²) in [7, 11) is 0. The molecule has 0 heterocycles. The van der Waals surface area contributed by atoms with Crippen molar-refractivity contribution in [3.8, 4) is 11.5 Å². The summed E-state index contributed by atoms with van der Waals surface area (Å²) in [5.41, 5.74) is 2.88. The molecule has 0 atom stereocenters. The van der Waals surface area contributed by atoms with E-state index in [2.05, 4.69) is 21.2 Å². The van der Waals surface area contributed by atoms with Crippen LogP contribution in [-0.4, -0.2) is 6.61 Å². The summed E-state index contributed by atoms with van der Waals surface area (Å²) in [6.07, 6.45) is 0. The average Bonchev–Trinajstić information content (AvgIpc) is 2.68. The van der Waals surface area contributed by atoms with E-state index in [-0.39, 0.29) is 0 Å². The lowest BCUT2D eigenvalue weighted by molar-refractivity contribution is 0.267. The van der Waals surface area contributed by atoms with Gasteiger partial charge in [-0.15, -0.1) is 0 Å². The van der Waals surface area contributed by atoms with Crippen molar-refractivity contribution in [1.82, 2.24) is 0 Å². The first-order chi connectivity index (χ1) is 14.0. The van der Waals surface area contributed by atoms with Crippen LogP contribution < -0.4 is 14.8 Å². The third-order valence-electron chi connectivity index (χ3n) is 4.10. The predicted octanol–water partition coefficient (Wildman–Crippen LogP) is 8.00. The minimum absolute atomic E-state index is 0.303. The van der Waals surface area contributed by atoms with Crippen LogP contribution in [0.1, 0.15) is 18.1 Å². The number of hydrogen-bond donors (Lipinski definition) is 1. The first-order valence-electron chi connectivity index (χ1n) is 8.97. The maximum absolute atomic E-state index is 6.25. The molecule has 0 fully saturated rings. The van der Waals surface area contributed by atoms with Crippen LogP contribution in [0.2, 0.25) is 15.1 Å². The summed E-state index contributed by atoms with van der Waals surface area (Å²) < 4.78 is 12.6. The van der Waals surface area contributed by atoms with Crippen molar-refractivity contribution in [3.05, 3.63) is 85.3 Å². The van der Waals surface area contributed by atoms with Gasteiger partial charge in [0.25, 0.3) is 0 Å². The Morgan fingerprint density at radius 2 is 1.62 bits per heavy atom. The molecular formula is C22H19BrCl3NO2. The Morgan fingerprint density at radius 1 is 0.897 bits per heavy atom. The fourth-order valence-electron chi connectivity index (χ4n) is 2.69. The molecular weight excluding hydrogens is 497 g/mol. The number of ether oxygens (including phenoxy) is 2. The second kappa shape index (κ2) is 10.4. The van der Waals surface area contributed by atoms with Gasteiger partial charge in [-0.1, -0.05) is 40.9 Å². The fraction of sp³-hybridized carbons (Fsp3) is 0.182. The van der Waals surface area contributed by atoms with Gasteiger partial charge in [0.15, 0.2) is 11.5 Å². The normalized spacial score (nSPS) is 10.7. The second-order valence-electron chi connectivity index (χ2n) is 6.22. The molecule has 0 amide bonds. The van der Waals surface area contributed by atoms with E-state index in [1.165, 1.54) is 0 Å². The van der Waals surface area contributed by atoms with Crippen LogP contribution in [0.3, 0.4) is 0 Å². The Balaban J connectivity index is 1.75. The highest BCUT2D eigenvalue weighted by Gasteiger charge is 2.14. The Bertz CT molecular complexity index is 981. The molecule has 3 rings (SSSR count). The summed E-state index contributed by atoms with van der Waals surface area (Å²) in [5, 5.41) is 5.23. The number of hydrogen-bond acceptors (Lipinski definition) is 3. The summed E-state index contributed by atoms with van der Waals surface area (Å²) in [5.74, 6) is 1.30. The standard InChI is InChI=1S/C22H19BrCl3NO2/c1-2-28-21-10-14(12-27-18-7-5-16(24)6-8-18)9-19(23)22(21)29-13-15-3-4-17(25)11-20(15)26/h3-11,27H,2,12-13H2,1H3. The van der Waals surface area contributed by atoms with E-state index in [0.717, 1.165) is 21.3 Å². The molecule has 0 aliphatic heterocycles. The molecule has 29 heavy (non-hydrogen) atoms. The van der Waals surface area contributed by atoms with Gasteiger partial charge in [-0.05, 0) is 76.9 Å². The van der Waals surface area contributed by atoms with Gasteiger partial charge < -0.3 is 14.8 Å². The molecule has 0 aromatic heterocycles. The lowest BCUT2D eigenvalue weighted by Gasteiger charge is -2.16. The molecule has 0 bridgehead atoms. The summed E-state index contributed by atoms with van der Waals surface area (Å²) >= 11 is 21.7. The van der Waals surface area contributed by atoms with Crippen LogP contribution >= 0.6 is 50.7 Å². The zero-order chi connectivity index (χ0) is 20.8. The molecule has 0 aliphatic carbocycles. The van der Waals surface area contributed by atoms with Gasteiger partial charge in [-0.2, -0.15) is 0 Å². The van der Waals surface area contributed by atoms with Gasteiger partial charge in [0.05, 0.1) is 11.1 Å². The van der Waals surface area contributed by atoms with Gasteiger partial charge in [0.2, 0.25) is 0 Å². The van der Waals surface area contributed by atoms with Crippen molar-refractivity contribution >= 4 is 56.4 Å². The van der Waals surface area contributed by atoms with E-state index >= 15 is 0 Å². The molecule has 0 aliphatic rings. The lowest BCUT2D eigenvalue weighted by Crippen LogP contribution is -2.04. The predicted molar refractivity (Wildman–Crippen MR) is 125 cm³/mol. The first kappa shape index (κ1) is 22.1. The molecule has 0 spiro atoms. The number of benzene rings is 3. The highest BCUT2D eigenvalue weighted by Crippen LogP contribution is 2.38. The molecule has 0 radical (unpaired) electrons. The summed E-state index contributed by atoms with van der Waals surface area (Å²) in [6.45, 7) is 3.39. The molecule has 1 N–H and O–H groups in total. The second-order valence-corrected chi connectivity index (χ2v) is 8.36. The van der Waals surface area contributed by atoms with Gasteiger partial charge in [0, 0.05) is 32.9 Å². The molecule has 3 aromatic carbocycles. The Hall–Kier alpha value is -1.59. The van der Waals surface area contributed by atoms with E-state index < -0.39 is 0 Å². The smallest absolute Gasteiger partial charge is 0.175 e. The van der Waals surface area contributed by atoms with E-state index in [1.807, 2.05) is 49.4 Å². The number of rotatable bonds is 8. The molecule has 152 valence electrons. The van der Waals surface area contributed by atoms with Crippen LogP contribution in [0.5, 0.6) is 11.5 Å². The third kappa shape index (κ3) is 6.19. The molecule has 7 heteroatoms. The van der Waals surface area contributed by atoms with Gasteiger partial charge in [-0.3, -0.25) is 0 Å². The van der Waals surface area contributed by atoms with E-state index in [0.29, 0.717) is 46.3 Å². The zero-order valence-corrected chi connectivity index (χ0v) is 19.5. The molecule has 0 saturated heterocycles. The van der Waals surface area contributed by atoms with Gasteiger partial charge in [-0.25, -0.2) is 0 Å². The molecule has 3 nitrogen and oxygen atoms in total.